The number of hydrogen-bond acceptors (Lipinski definition) is 2. The smallest absolute Gasteiger partial charge is 0.310 e. The van der Waals surface area contributed by atoms with Crippen molar-refractivity contribution in [3.05, 3.63) is 35.9 Å². The zero-order valence-electron chi connectivity index (χ0n) is 8.80. The van der Waals surface area contributed by atoms with Crippen molar-refractivity contribution in [3.8, 4) is 0 Å². The molecule has 0 amide bonds. The van der Waals surface area contributed by atoms with Crippen molar-refractivity contribution in [2.75, 3.05) is 0 Å². The summed E-state index contributed by atoms with van der Waals surface area (Å²) in [5.41, 5.74) is 0.779. The van der Waals surface area contributed by atoms with Crippen LogP contribution in [0.25, 0.3) is 0 Å². The van der Waals surface area contributed by atoms with Crippen LogP contribution in [0.4, 0.5) is 0 Å². The molecule has 1 aromatic rings. The van der Waals surface area contributed by atoms with Gasteiger partial charge in [-0.05, 0) is 18.4 Å². The van der Waals surface area contributed by atoms with E-state index in [2.05, 4.69) is 12.6 Å². The molecule has 0 fully saturated rings. The van der Waals surface area contributed by atoms with Crippen molar-refractivity contribution < 1.29 is 14.7 Å². The third-order valence-corrected chi connectivity index (χ3v) is 2.61. The van der Waals surface area contributed by atoms with Crippen LogP contribution in [-0.2, 0) is 9.59 Å². The Morgan fingerprint density at radius 2 is 1.88 bits per heavy atom. The second-order valence-electron chi connectivity index (χ2n) is 3.59. The first-order valence-electron chi connectivity index (χ1n) is 5.11. The summed E-state index contributed by atoms with van der Waals surface area (Å²) in [5, 5.41) is 8.89. The van der Waals surface area contributed by atoms with E-state index in [1.807, 2.05) is 18.2 Å². The fourth-order valence-corrected chi connectivity index (χ4v) is 1.73. The summed E-state index contributed by atoms with van der Waals surface area (Å²) in [6.07, 6.45) is 1.33. The van der Waals surface area contributed by atoms with E-state index in [0.717, 1.165) is 5.56 Å². The number of hydrogen-bond donors (Lipinski definition) is 2. The maximum absolute atomic E-state index is 11.1. The maximum Gasteiger partial charge on any atom is 0.310 e. The van der Waals surface area contributed by atoms with Crippen molar-refractivity contribution in [2.45, 2.75) is 25.2 Å². The van der Waals surface area contributed by atoms with Gasteiger partial charge in [-0.3, -0.25) is 9.59 Å². The van der Waals surface area contributed by atoms with Gasteiger partial charge in [0.25, 0.3) is 0 Å². The van der Waals surface area contributed by atoms with Gasteiger partial charge in [0.1, 0.15) is 0 Å². The van der Waals surface area contributed by atoms with E-state index in [-0.39, 0.29) is 5.12 Å². The summed E-state index contributed by atoms with van der Waals surface area (Å²) in [7, 11) is 0. The predicted octanol–water partition coefficient (Wildman–Crippen LogP) is 2.48. The first-order valence-corrected chi connectivity index (χ1v) is 5.55. The van der Waals surface area contributed by atoms with Gasteiger partial charge in [-0.1, -0.05) is 30.3 Å². The predicted molar refractivity (Wildman–Crippen MR) is 64.7 cm³/mol. The lowest BCUT2D eigenvalue weighted by atomic mass is 9.94. The Balaban J connectivity index is 2.62. The van der Waals surface area contributed by atoms with Crippen LogP contribution in [0.3, 0.4) is 0 Å². The second-order valence-corrected chi connectivity index (χ2v) is 4.09. The summed E-state index contributed by atoms with van der Waals surface area (Å²) < 4.78 is 0. The van der Waals surface area contributed by atoms with Gasteiger partial charge in [-0.2, -0.15) is 0 Å². The van der Waals surface area contributed by atoms with Crippen LogP contribution in [-0.4, -0.2) is 16.2 Å². The number of thiol groups is 1. The molecular weight excluding hydrogens is 224 g/mol. The van der Waals surface area contributed by atoms with Gasteiger partial charge in [0.15, 0.2) is 5.12 Å². The lowest BCUT2D eigenvalue weighted by molar-refractivity contribution is -0.139. The van der Waals surface area contributed by atoms with Crippen molar-refractivity contribution in [1.29, 1.82) is 0 Å². The van der Waals surface area contributed by atoms with Gasteiger partial charge in [0, 0.05) is 6.42 Å². The van der Waals surface area contributed by atoms with E-state index < -0.39 is 11.9 Å². The van der Waals surface area contributed by atoms with Gasteiger partial charge in [0.2, 0.25) is 0 Å². The molecule has 4 heteroatoms. The second kappa shape index (κ2) is 6.33. The molecule has 1 rings (SSSR count). The Kier molecular flexibility index (Phi) is 5.05. The van der Waals surface area contributed by atoms with Crippen molar-refractivity contribution >= 4 is 23.7 Å². The normalized spacial score (nSPS) is 12.1. The highest BCUT2D eigenvalue weighted by molar-refractivity contribution is 7.96. The van der Waals surface area contributed by atoms with E-state index in [0.29, 0.717) is 19.3 Å². The Bertz CT molecular complexity index is 362. The van der Waals surface area contributed by atoms with E-state index >= 15 is 0 Å². The molecule has 16 heavy (non-hydrogen) atoms. The van der Waals surface area contributed by atoms with Crippen molar-refractivity contribution in [3.63, 3.8) is 0 Å². The molecule has 0 radical (unpaired) electrons. The fourth-order valence-electron chi connectivity index (χ4n) is 1.58. The molecule has 0 spiro atoms. The summed E-state index contributed by atoms with van der Waals surface area (Å²) in [5.74, 6) is -1.38. The molecule has 0 saturated heterocycles. The molecule has 0 aliphatic heterocycles. The van der Waals surface area contributed by atoms with Gasteiger partial charge in [-0.15, -0.1) is 12.6 Å². The van der Waals surface area contributed by atoms with E-state index in [4.69, 9.17) is 5.11 Å². The molecule has 86 valence electrons. The number of benzene rings is 1. The fraction of sp³-hybridized carbons (Fsp3) is 0.333. The van der Waals surface area contributed by atoms with Crippen LogP contribution in [0.1, 0.15) is 30.7 Å². The van der Waals surface area contributed by atoms with Gasteiger partial charge in [-0.25, -0.2) is 0 Å². The molecule has 1 aromatic carbocycles. The Morgan fingerprint density at radius 1 is 1.25 bits per heavy atom. The Labute approximate surface area is 99.9 Å². The number of carboxylic acids is 1. The molecule has 0 aliphatic carbocycles. The molecule has 3 nitrogen and oxygen atoms in total. The molecular formula is C12H14O3S. The zero-order chi connectivity index (χ0) is 12.0. The SMILES string of the molecule is O=C(S)CCCC(C(=O)O)c1ccccc1. The van der Waals surface area contributed by atoms with Gasteiger partial charge in [0.05, 0.1) is 5.92 Å². The minimum Gasteiger partial charge on any atom is -0.481 e. The van der Waals surface area contributed by atoms with E-state index in [1.54, 1.807) is 12.1 Å². The van der Waals surface area contributed by atoms with Crippen LogP contribution in [0.15, 0.2) is 30.3 Å². The van der Waals surface area contributed by atoms with Crippen molar-refractivity contribution in [2.24, 2.45) is 0 Å². The highest BCUT2D eigenvalue weighted by atomic mass is 32.1. The summed E-state index contributed by atoms with van der Waals surface area (Å²) in [6.45, 7) is 0. The first kappa shape index (κ1) is 12.8. The number of carbonyl (C=O) groups excluding carboxylic acids is 1. The van der Waals surface area contributed by atoms with Crippen LogP contribution in [0.5, 0.6) is 0 Å². The quantitative estimate of drug-likeness (QED) is 0.749. The average Bonchev–Trinajstić information content (AvgIpc) is 2.25. The summed E-state index contributed by atoms with van der Waals surface area (Å²) in [6, 6.07) is 9.06. The molecule has 1 unspecified atom stereocenters. The monoisotopic (exact) mass is 238 g/mol. The van der Waals surface area contributed by atoms with E-state index in [9.17, 15) is 9.59 Å². The maximum atomic E-state index is 11.1. The molecule has 0 heterocycles. The molecule has 0 saturated carbocycles. The highest BCUT2D eigenvalue weighted by Crippen LogP contribution is 2.22. The van der Waals surface area contributed by atoms with Crippen LogP contribution in [0, 0.1) is 0 Å². The molecule has 0 aliphatic rings. The van der Waals surface area contributed by atoms with Crippen LogP contribution < -0.4 is 0 Å². The standard InChI is InChI=1S/C12H14O3S/c13-11(16)8-4-7-10(12(14)15)9-5-2-1-3-6-9/h1-3,5-6,10H,4,7-8H2,(H,13,16)(H,14,15). The first-order chi connectivity index (χ1) is 7.61. The summed E-state index contributed by atoms with van der Waals surface area (Å²) in [4.78, 5) is 21.7. The molecule has 1 atom stereocenters. The molecule has 0 bridgehead atoms. The number of carbonyl (C=O) groups is 2. The third kappa shape index (κ3) is 4.06. The van der Waals surface area contributed by atoms with Crippen LogP contribution >= 0.6 is 12.6 Å². The zero-order valence-corrected chi connectivity index (χ0v) is 9.69. The lowest BCUT2D eigenvalue weighted by Gasteiger charge is -2.11. The van der Waals surface area contributed by atoms with E-state index in [1.165, 1.54) is 0 Å². The lowest BCUT2D eigenvalue weighted by Crippen LogP contribution is -2.11. The minimum absolute atomic E-state index is 0.197. The largest absolute Gasteiger partial charge is 0.481 e. The number of rotatable bonds is 6. The number of aliphatic carboxylic acids is 1. The molecule has 1 N–H and O–H groups in total. The summed E-state index contributed by atoms with van der Waals surface area (Å²) >= 11 is 3.65. The van der Waals surface area contributed by atoms with Crippen LogP contribution in [0.2, 0.25) is 0 Å². The number of carboxylic acid groups (broad SMARTS) is 1. The third-order valence-electron chi connectivity index (χ3n) is 2.38. The van der Waals surface area contributed by atoms with Gasteiger partial charge >= 0.3 is 5.97 Å². The molecule has 0 aromatic heterocycles. The van der Waals surface area contributed by atoms with Gasteiger partial charge < -0.3 is 5.11 Å². The minimum atomic E-state index is -0.849. The Morgan fingerprint density at radius 3 is 2.38 bits per heavy atom. The topological polar surface area (TPSA) is 54.4 Å². The highest BCUT2D eigenvalue weighted by Gasteiger charge is 2.18. The Hall–Kier alpha value is -1.29. The average molecular weight is 238 g/mol. The van der Waals surface area contributed by atoms with Crippen molar-refractivity contribution in [1.82, 2.24) is 0 Å².